The van der Waals surface area contributed by atoms with E-state index in [-0.39, 0.29) is 5.56 Å². The molecule has 2 aliphatic rings. The molecule has 0 atom stereocenters. The van der Waals surface area contributed by atoms with Crippen molar-refractivity contribution in [1.29, 1.82) is 0 Å². The van der Waals surface area contributed by atoms with Crippen LogP contribution in [-0.2, 0) is 18.3 Å². The van der Waals surface area contributed by atoms with Crippen LogP contribution in [0.15, 0.2) is 52.4 Å². The van der Waals surface area contributed by atoms with E-state index in [4.69, 9.17) is 14.5 Å². The lowest BCUT2D eigenvalue weighted by molar-refractivity contribution is -0.627. The van der Waals surface area contributed by atoms with Crippen LogP contribution < -0.4 is 24.1 Å². The molecule has 1 saturated heterocycles. The number of amidine groups is 1. The Labute approximate surface area is 221 Å². The summed E-state index contributed by atoms with van der Waals surface area (Å²) in [4.78, 5) is 22.5. The van der Waals surface area contributed by atoms with E-state index in [1.165, 1.54) is 23.1 Å². The number of hydrogen-bond acceptors (Lipinski definition) is 8. The zero-order valence-corrected chi connectivity index (χ0v) is 23.3. The Bertz CT molecular complexity index is 1590. The van der Waals surface area contributed by atoms with Crippen LogP contribution in [0.3, 0.4) is 0 Å². The molecule has 0 radical (unpaired) electrons. The first-order chi connectivity index (χ1) is 17.4. The molecule has 0 unspecified atom stereocenters. The van der Waals surface area contributed by atoms with Crippen LogP contribution in [0.25, 0.3) is 21.0 Å². The molecule has 0 bridgehead atoms. The fraction of sp³-hybridized carbons (Fsp3) is 0.320. The van der Waals surface area contributed by atoms with E-state index < -0.39 is 0 Å². The van der Waals surface area contributed by atoms with Gasteiger partial charge in [-0.1, -0.05) is 6.08 Å². The molecule has 0 N–H and O–H groups in total. The molecular formula is C25H28N5O3S3+. The van der Waals surface area contributed by atoms with E-state index in [9.17, 15) is 4.79 Å². The van der Waals surface area contributed by atoms with Crippen molar-refractivity contribution in [3.8, 4) is 5.75 Å². The molecule has 4 heterocycles. The predicted octanol–water partition coefficient (Wildman–Crippen LogP) is 2.90. The minimum absolute atomic E-state index is 0.00253. The molecule has 5 rings (SSSR count). The summed E-state index contributed by atoms with van der Waals surface area (Å²) in [5.41, 5.74) is 1.99. The second kappa shape index (κ2) is 10.2. The van der Waals surface area contributed by atoms with Gasteiger partial charge in [0.15, 0.2) is 11.8 Å². The zero-order chi connectivity index (χ0) is 25.4. The van der Waals surface area contributed by atoms with Gasteiger partial charge in [0.05, 0.1) is 24.6 Å². The molecule has 1 fully saturated rings. The molecule has 0 aliphatic carbocycles. The van der Waals surface area contributed by atoms with Gasteiger partial charge in [0.1, 0.15) is 20.5 Å². The van der Waals surface area contributed by atoms with E-state index in [0.717, 1.165) is 43.2 Å². The summed E-state index contributed by atoms with van der Waals surface area (Å²) in [7, 11) is 5.65. The maximum Gasteiger partial charge on any atom is 0.385 e. The summed E-state index contributed by atoms with van der Waals surface area (Å²) < 4.78 is 18.1. The Balaban J connectivity index is 1.63. The standard InChI is InChI=1S/C25H28N5O3S3/c1-6-29-15-33-23(22-30(7-2)21(31)20(35-22)18-10-8-9-13-27(18)3)36-25(29)26-24-28(4)17-12-11-16(32-5)14-19(17)34-24/h8-14H,6-7,15H2,1-5H3/q+1/b20-18-,23-22-. The van der Waals surface area contributed by atoms with Crippen LogP contribution in [0, 0.1) is 0 Å². The number of aliphatic imine (C=N–C) groups is 1. The van der Waals surface area contributed by atoms with Gasteiger partial charge in [-0.05, 0) is 54.5 Å². The minimum Gasteiger partial charge on any atom is -0.497 e. The number of fused-ring (bicyclic) bond motifs is 1. The van der Waals surface area contributed by atoms with Crippen LogP contribution in [-0.4, -0.2) is 47.0 Å². The van der Waals surface area contributed by atoms with E-state index >= 15 is 0 Å². The number of hydrogen-bond donors (Lipinski definition) is 0. The molecular weight excluding hydrogens is 515 g/mol. The fourth-order valence-electron chi connectivity index (χ4n) is 3.99. The lowest BCUT2D eigenvalue weighted by Gasteiger charge is -2.26. The van der Waals surface area contributed by atoms with Crippen LogP contribution >= 0.6 is 34.4 Å². The first kappa shape index (κ1) is 24.7. The van der Waals surface area contributed by atoms with Crippen LogP contribution in [0.2, 0.25) is 0 Å². The second-order valence-corrected chi connectivity index (χ2v) is 11.1. The van der Waals surface area contributed by atoms with Crippen molar-refractivity contribution in [3.05, 3.63) is 62.2 Å². The number of allylic oxidation sites excluding steroid dienone is 2. The molecule has 188 valence electrons. The maximum atomic E-state index is 13.3. The molecule has 0 spiro atoms. The number of aryl methyl sites for hydroxylation is 1. The molecule has 0 amide bonds. The molecule has 2 aliphatic heterocycles. The monoisotopic (exact) mass is 542 g/mol. The van der Waals surface area contributed by atoms with Gasteiger partial charge in [-0.15, -0.1) is 11.3 Å². The molecule has 8 nitrogen and oxygen atoms in total. The van der Waals surface area contributed by atoms with Crippen LogP contribution in [0.1, 0.15) is 13.8 Å². The van der Waals surface area contributed by atoms with Gasteiger partial charge >= 0.3 is 5.13 Å². The summed E-state index contributed by atoms with van der Waals surface area (Å²) in [5, 5.41) is 2.44. The van der Waals surface area contributed by atoms with Gasteiger partial charge < -0.3 is 14.4 Å². The number of aromatic nitrogens is 2. The van der Waals surface area contributed by atoms with Crippen LogP contribution in [0.4, 0.5) is 5.13 Å². The third kappa shape index (κ3) is 4.35. The quantitative estimate of drug-likeness (QED) is 0.473. The number of benzene rings is 1. The molecule has 1 aromatic carbocycles. The summed E-state index contributed by atoms with van der Waals surface area (Å²) in [6.07, 6.45) is 7.83. The van der Waals surface area contributed by atoms with Gasteiger partial charge in [-0.25, -0.2) is 4.57 Å². The topological polar surface area (TPSA) is 63.2 Å². The minimum atomic E-state index is -0.00253. The van der Waals surface area contributed by atoms with E-state index in [0.29, 0.717) is 22.9 Å². The molecule has 2 aromatic heterocycles. The lowest BCUT2D eigenvalue weighted by Crippen LogP contribution is -2.38. The smallest absolute Gasteiger partial charge is 0.385 e. The molecule has 0 saturated carbocycles. The zero-order valence-electron chi connectivity index (χ0n) is 20.8. The summed E-state index contributed by atoms with van der Waals surface area (Å²) in [5.74, 6) is 0.827. The van der Waals surface area contributed by atoms with E-state index in [1.54, 1.807) is 23.0 Å². The van der Waals surface area contributed by atoms with Gasteiger partial charge in [0, 0.05) is 44.2 Å². The van der Waals surface area contributed by atoms with Gasteiger partial charge in [-0.2, -0.15) is 0 Å². The van der Waals surface area contributed by atoms with Gasteiger partial charge in [0.25, 0.3) is 10.7 Å². The van der Waals surface area contributed by atoms with Crippen molar-refractivity contribution in [2.75, 3.05) is 27.4 Å². The number of likely N-dealkylation sites (N-methyl/N-ethyl adjacent to an activating group) is 1. The molecule has 3 aromatic rings. The average molecular weight is 543 g/mol. The van der Waals surface area contributed by atoms with Crippen molar-refractivity contribution in [3.63, 3.8) is 0 Å². The highest BCUT2D eigenvalue weighted by Gasteiger charge is 2.29. The summed E-state index contributed by atoms with van der Waals surface area (Å²) in [6, 6.07) is 6.05. The first-order valence-corrected chi connectivity index (χ1v) is 14.1. The number of thiazole rings is 2. The largest absolute Gasteiger partial charge is 0.497 e. The van der Waals surface area contributed by atoms with E-state index in [1.807, 2.05) is 62.5 Å². The predicted molar refractivity (Wildman–Crippen MR) is 149 cm³/mol. The Kier molecular flexibility index (Phi) is 6.96. The number of nitrogens with zero attached hydrogens (tertiary/aromatic N) is 5. The van der Waals surface area contributed by atoms with Crippen molar-refractivity contribution in [2.24, 2.45) is 12.0 Å². The second-order valence-electron chi connectivity index (χ2n) is 8.17. The summed E-state index contributed by atoms with van der Waals surface area (Å²) >= 11 is 4.56. The Hall–Kier alpha value is -3.02. The highest BCUT2D eigenvalue weighted by atomic mass is 32.2. The van der Waals surface area contributed by atoms with Crippen LogP contribution in [0.5, 0.6) is 5.75 Å². The number of thioether (sulfide) groups is 1. The van der Waals surface area contributed by atoms with Crippen molar-refractivity contribution >= 4 is 65.7 Å². The van der Waals surface area contributed by atoms with Crippen molar-refractivity contribution in [2.45, 2.75) is 20.4 Å². The highest BCUT2D eigenvalue weighted by Crippen LogP contribution is 2.33. The van der Waals surface area contributed by atoms with Gasteiger partial charge in [-0.3, -0.25) is 14.3 Å². The average Bonchev–Trinajstić information content (AvgIpc) is 3.39. The third-order valence-corrected chi connectivity index (χ3v) is 9.50. The Morgan fingerprint density at radius 3 is 2.75 bits per heavy atom. The fourth-order valence-corrected chi connectivity index (χ4v) is 7.44. The van der Waals surface area contributed by atoms with Crippen molar-refractivity contribution in [1.82, 2.24) is 14.4 Å². The molecule has 11 heteroatoms. The van der Waals surface area contributed by atoms with E-state index in [2.05, 4.69) is 22.5 Å². The Morgan fingerprint density at radius 2 is 2.03 bits per heavy atom. The number of ether oxygens (including phenoxy) is 2. The third-order valence-electron chi connectivity index (χ3n) is 6.06. The number of methoxy groups -OCH3 is 1. The van der Waals surface area contributed by atoms with Crippen molar-refractivity contribution < 1.29 is 14.0 Å². The SMILES string of the molecule is CCN1CO/C(=c2/s/c(=C3/C=CC=CN3C)c(=O)n2CC)SC1=Nc1sc2cc(OC)ccc2[n+]1C. The maximum absolute atomic E-state index is 13.3. The highest BCUT2D eigenvalue weighted by molar-refractivity contribution is 8.21. The number of rotatable bonds is 4. The Morgan fingerprint density at radius 1 is 1.19 bits per heavy atom. The first-order valence-electron chi connectivity index (χ1n) is 11.6. The lowest BCUT2D eigenvalue weighted by atomic mass is 10.3. The normalized spacial score (nSPS) is 20.0. The van der Waals surface area contributed by atoms with Gasteiger partial charge in [0.2, 0.25) is 0 Å². The molecule has 36 heavy (non-hydrogen) atoms. The summed E-state index contributed by atoms with van der Waals surface area (Å²) in [6.45, 7) is 5.77.